The van der Waals surface area contributed by atoms with Gasteiger partial charge in [0.1, 0.15) is 10.8 Å². The summed E-state index contributed by atoms with van der Waals surface area (Å²) in [6.07, 6.45) is 0. The van der Waals surface area contributed by atoms with Gasteiger partial charge in [-0.1, -0.05) is 41.4 Å². The molecular formula is C12H8Cl2O2. The van der Waals surface area contributed by atoms with E-state index >= 15 is 0 Å². The molecule has 82 valence electrons. The monoisotopic (exact) mass is 254 g/mol. The molecule has 0 bridgehead atoms. The van der Waals surface area contributed by atoms with Gasteiger partial charge in [0.15, 0.2) is 11.5 Å². The SMILES string of the molecule is Oc1ccc(Cl)c(Cl)c1Oc1ccccc1. The fourth-order valence-electron chi connectivity index (χ4n) is 1.23. The van der Waals surface area contributed by atoms with Gasteiger partial charge < -0.3 is 9.84 Å². The van der Waals surface area contributed by atoms with Crippen LogP contribution < -0.4 is 4.74 Å². The van der Waals surface area contributed by atoms with E-state index in [1.54, 1.807) is 12.1 Å². The molecule has 2 aromatic rings. The first-order chi connectivity index (χ1) is 7.68. The summed E-state index contributed by atoms with van der Waals surface area (Å²) in [5.74, 6) is 0.709. The molecule has 0 saturated heterocycles. The van der Waals surface area contributed by atoms with Gasteiger partial charge in [0.25, 0.3) is 0 Å². The Kier molecular flexibility index (Phi) is 3.22. The average Bonchev–Trinajstić information content (AvgIpc) is 2.31. The standard InChI is InChI=1S/C12H8Cl2O2/c13-9-6-7-10(15)12(11(9)14)16-8-4-2-1-3-5-8/h1-7,15H. The zero-order valence-corrected chi connectivity index (χ0v) is 9.66. The van der Waals surface area contributed by atoms with Gasteiger partial charge in [-0.2, -0.15) is 0 Å². The summed E-state index contributed by atoms with van der Waals surface area (Å²) in [5.41, 5.74) is 0. The number of phenols is 1. The van der Waals surface area contributed by atoms with Gasteiger partial charge in [0.05, 0.1) is 5.02 Å². The Bertz CT molecular complexity index is 498. The van der Waals surface area contributed by atoms with Crippen molar-refractivity contribution in [1.29, 1.82) is 0 Å². The van der Waals surface area contributed by atoms with Crippen LogP contribution in [0.2, 0.25) is 10.0 Å². The van der Waals surface area contributed by atoms with Crippen molar-refractivity contribution in [3.05, 3.63) is 52.5 Å². The van der Waals surface area contributed by atoms with E-state index in [4.69, 9.17) is 27.9 Å². The fraction of sp³-hybridized carbons (Fsp3) is 0. The minimum absolute atomic E-state index is 0.0433. The second-order valence-corrected chi connectivity index (χ2v) is 3.91. The van der Waals surface area contributed by atoms with Crippen LogP contribution >= 0.6 is 23.2 Å². The van der Waals surface area contributed by atoms with E-state index < -0.39 is 0 Å². The van der Waals surface area contributed by atoms with E-state index in [0.29, 0.717) is 10.8 Å². The van der Waals surface area contributed by atoms with Gasteiger partial charge in [-0.05, 0) is 24.3 Å². The Morgan fingerprint density at radius 2 is 1.62 bits per heavy atom. The van der Waals surface area contributed by atoms with Gasteiger partial charge in [-0.15, -0.1) is 0 Å². The predicted molar refractivity (Wildman–Crippen MR) is 64.6 cm³/mol. The first kappa shape index (κ1) is 11.1. The van der Waals surface area contributed by atoms with Crippen LogP contribution in [0, 0.1) is 0 Å². The first-order valence-corrected chi connectivity index (χ1v) is 5.34. The third kappa shape index (κ3) is 2.23. The molecule has 2 aromatic carbocycles. The lowest BCUT2D eigenvalue weighted by atomic mass is 10.3. The van der Waals surface area contributed by atoms with Crippen molar-refractivity contribution in [3.8, 4) is 17.2 Å². The van der Waals surface area contributed by atoms with Crippen molar-refractivity contribution in [2.24, 2.45) is 0 Å². The lowest BCUT2D eigenvalue weighted by Crippen LogP contribution is -1.86. The molecule has 0 aliphatic heterocycles. The molecule has 0 unspecified atom stereocenters. The lowest BCUT2D eigenvalue weighted by molar-refractivity contribution is 0.411. The van der Waals surface area contributed by atoms with Crippen LogP contribution in [-0.4, -0.2) is 5.11 Å². The molecule has 0 aromatic heterocycles. The highest BCUT2D eigenvalue weighted by molar-refractivity contribution is 6.43. The normalized spacial score (nSPS) is 10.1. The topological polar surface area (TPSA) is 29.5 Å². The van der Waals surface area contributed by atoms with E-state index in [2.05, 4.69) is 0 Å². The summed E-state index contributed by atoms with van der Waals surface area (Å²) in [5, 5.41) is 10.1. The van der Waals surface area contributed by atoms with Crippen LogP contribution in [0.5, 0.6) is 17.2 Å². The zero-order valence-electron chi connectivity index (χ0n) is 8.15. The molecule has 0 spiro atoms. The third-order valence-electron chi connectivity index (χ3n) is 1.99. The van der Waals surface area contributed by atoms with Gasteiger partial charge in [0, 0.05) is 0 Å². The lowest BCUT2D eigenvalue weighted by Gasteiger charge is -2.09. The summed E-state index contributed by atoms with van der Waals surface area (Å²) in [7, 11) is 0. The van der Waals surface area contributed by atoms with Crippen LogP contribution in [0.15, 0.2) is 42.5 Å². The Labute approximate surface area is 103 Å². The number of hydrogen-bond acceptors (Lipinski definition) is 2. The highest BCUT2D eigenvalue weighted by Crippen LogP contribution is 2.41. The van der Waals surface area contributed by atoms with Crippen LogP contribution in [0.25, 0.3) is 0 Å². The van der Waals surface area contributed by atoms with Crippen molar-refractivity contribution in [3.63, 3.8) is 0 Å². The number of halogens is 2. The second kappa shape index (κ2) is 4.64. The van der Waals surface area contributed by atoms with Crippen molar-refractivity contribution >= 4 is 23.2 Å². The van der Waals surface area contributed by atoms with Crippen molar-refractivity contribution in [2.45, 2.75) is 0 Å². The number of phenolic OH excluding ortho intramolecular Hbond substituents is 1. The summed E-state index contributed by atoms with van der Waals surface area (Å²) < 4.78 is 5.45. The molecule has 0 saturated carbocycles. The van der Waals surface area contributed by atoms with Crippen molar-refractivity contribution < 1.29 is 9.84 Å². The van der Waals surface area contributed by atoms with Crippen molar-refractivity contribution in [2.75, 3.05) is 0 Å². The Balaban J connectivity index is 2.38. The van der Waals surface area contributed by atoms with Crippen molar-refractivity contribution in [1.82, 2.24) is 0 Å². The van der Waals surface area contributed by atoms with Gasteiger partial charge >= 0.3 is 0 Å². The van der Waals surface area contributed by atoms with Crippen LogP contribution in [0.3, 0.4) is 0 Å². The van der Waals surface area contributed by atoms with Gasteiger partial charge in [-0.25, -0.2) is 0 Å². The largest absolute Gasteiger partial charge is 0.504 e. The Morgan fingerprint density at radius 1 is 0.938 bits per heavy atom. The summed E-state index contributed by atoms with van der Waals surface area (Å²) in [6.45, 7) is 0. The van der Waals surface area contributed by atoms with Crippen LogP contribution in [0.1, 0.15) is 0 Å². The molecule has 0 radical (unpaired) electrons. The molecule has 0 aliphatic carbocycles. The maximum atomic E-state index is 9.61. The van der Waals surface area contributed by atoms with E-state index in [1.165, 1.54) is 12.1 Å². The zero-order chi connectivity index (χ0) is 11.5. The maximum absolute atomic E-state index is 9.61. The smallest absolute Gasteiger partial charge is 0.189 e. The minimum atomic E-state index is -0.0433. The number of aromatic hydroxyl groups is 1. The molecule has 0 fully saturated rings. The number of ether oxygens (including phenoxy) is 1. The van der Waals surface area contributed by atoms with E-state index in [-0.39, 0.29) is 16.5 Å². The number of para-hydroxylation sites is 1. The van der Waals surface area contributed by atoms with Gasteiger partial charge in [-0.3, -0.25) is 0 Å². The minimum Gasteiger partial charge on any atom is -0.504 e. The van der Waals surface area contributed by atoms with E-state index in [0.717, 1.165) is 0 Å². The highest BCUT2D eigenvalue weighted by atomic mass is 35.5. The molecule has 16 heavy (non-hydrogen) atoms. The van der Waals surface area contributed by atoms with E-state index in [9.17, 15) is 5.11 Å². The summed E-state index contributed by atoms with van der Waals surface area (Å²) >= 11 is 11.8. The number of rotatable bonds is 2. The molecule has 0 amide bonds. The molecule has 2 rings (SSSR count). The van der Waals surface area contributed by atoms with Gasteiger partial charge in [0.2, 0.25) is 0 Å². The predicted octanol–water partition coefficient (Wildman–Crippen LogP) is 4.49. The Hall–Kier alpha value is -1.38. The average molecular weight is 255 g/mol. The molecule has 0 atom stereocenters. The third-order valence-corrected chi connectivity index (χ3v) is 2.78. The summed E-state index contributed by atoms with van der Waals surface area (Å²) in [4.78, 5) is 0. The Morgan fingerprint density at radius 3 is 2.31 bits per heavy atom. The first-order valence-electron chi connectivity index (χ1n) is 4.58. The summed E-state index contributed by atoms with van der Waals surface area (Å²) in [6, 6.07) is 12.0. The molecule has 1 N–H and O–H groups in total. The molecular weight excluding hydrogens is 247 g/mol. The molecule has 4 heteroatoms. The molecule has 2 nitrogen and oxygen atoms in total. The van der Waals surface area contributed by atoms with Crippen LogP contribution in [-0.2, 0) is 0 Å². The fourth-order valence-corrected chi connectivity index (χ4v) is 1.57. The number of hydrogen-bond donors (Lipinski definition) is 1. The quantitative estimate of drug-likeness (QED) is 0.856. The maximum Gasteiger partial charge on any atom is 0.189 e. The molecule has 0 aliphatic rings. The highest BCUT2D eigenvalue weighted by Gasteiger charge is 2.12. The second-order valence-electron chi connectivity index (χ2n) is 3.12. The van der Waals surface area contributed by atoms with E-state index in [1.807, 2.05) is 18.2 Å². The molecule has 0 heterocycles. The number of benzene rings is 2. The van der Waals surface area contributed by atoms with Crippen LogP contribution in [0.4, 0.5) is 0 Å².